The van der Waals surface area contributed by atoms with Crippen LogP contribution in [0.3, 0.4) is 0 Å². The van der Waals surface area contributed by atoms with Crippen molar-refractivity contribution in [1.29, 1.82) is 0 Å². The van der Waals surface area contributed by atoms with Crippen molar-refractivity contribution in [1.82, 2.24) is 0 Å². The van der Waals surface area contributed by atoms with Crippen molar-refractivity contribution in [2.75, 3.05) is 11.9 Å². The maximum atomic E-state index is 12.2. The predicted octanol–water partition coefficient (Wildman–Crippen LogP) is 2.79. The maximum Gasteiger partial charge on any atom is 0.279 e. The third-order valence-corrected chi connectivity index (χ3v) is 3.47. The second kappa shape index (κ2) is 5.32. The average molecular weight is 277 g/mol. The Morgan fingerprint density at radius 2 is 1.76 bits per heavy atom. The molecule has 1 amide bonds. The summed E-state index contributed by atoms with van der Waals surface area (Å²) < 4.78 is 0. The zero-order chi connectivity index (χ0) is 14.8. The second-order valence-electron chi connectivity index (χ2n) is 4.99. The molecule has 21 heavy (non-hydrogen) atoms. The molecule has 0 N–H and O–H groups in total. The molecule has 4 heteroatoms. The van der Waals surface area contributed by atoms with Gasteiger partial charge in [-0.25, -0.2) is 0 Å². The molecule has 1 aliphatic rings. The topological polar surface area (TPSA) is 45.0 Å². The normalized spacial score (nSPS) is 16.0. The van der Waals surface area contributed by atoms with Gasteiger partial charge < -0.3 is 4.90 Å². The van der Waals surface area contributed by atoms with Crippen molar-refractivity contribution >= 4 is 23.5 Å². The molecule has 0 fully saturated rings. The summed E-state index contributed by atoms with van der Waals surface area (Å²) >= 11 is 0. The van der Waals surface area contributed by atoms with E-state index in [4.69, 9.17) is 0 Å². The number of anilines is 1. The number of hydrogen-bond donors (Lipinski definition) is 0. The number of carbonyl (C=O) groups is 1. The summed E-state index contributed by atoms with van der Waals surface area (Å²) in [5.74, 6) is -0.128. The number of hydrogen-bond acceptors (Lipinski definition) is 3. The molecule has 3 rings (SSSR count). The molecule has 2 aromatic rings. The molecule has 0 atom stereocenters. The summed E-state index contributed by atoms with van der Waals surface area (Å²) in [4.78, 5) is 13.8. The number of likely N-dealkylation sites (N-methyl/N-ethyl adjacent to an activating group) is 1. The Balaban J connectivity index is 1.90. The highest BCUT2D eigenvalue weighted by molar-refractivity contribution is 6.54. The lowest BCUT2D eigenvalue weighted by Gasteiger charge is -2.07. The minimum atomic E-state index is -0.128. The minimum absolute atomic E-state index is 0.128. The van der Waals surface area contributed by atoms with Crippen LogP contribution in [-0.2, 0) is 4.79 Å². The summed E-state index contributed by atoms with van der Waals surface area (Å²) in [6.07, 6.45) is 1.65. The largest absolute Gasteiger partial charge is 0.309 e. The van der Waals surface area contributed by atoms with Crippen molar-refractivity contribution in [3.8, 4) is 0 Å². The monoisotopic (exact) mass is 277 g/mol. The predicted molar refractivity (Wildman–Crippen MR) is 85.2 cm³/mol. The number of rotatable bonds is 2. The Morgan fingerprint density at radius 1 is 1.05 bits per heavy atom. The third kappa shape index (κ3) is 2.48. The molecule has 0 saturated heterocycles. The Hall–Kier alpha value is -2.75. The first-order valence-corrected chi connectivity index (χ1v) is 6.72. The highest BCUT2D eigenvalue weighted by atomic mass is 16.2. The number of benzene rings is 2. The quantitative estimate of drug-likeness (QED) is 0.615. The van der Waals surface area contributed by atoms with E-state index in [0.717, 1.165) is 16.8 Å². The van der Waals surface area contributed by atoms with Gasteiger partial charge >= 0.3 is 0 Å². The second-order valence-corrected chi connectivity index (χ2v) is 4.99. The van der Waals surface area contributed by atoms with Gasteiger partial charge in [0.2, 0.25) is 0 Å². The number of fused-ring (bicyclic) bond motifs is 1. The van der Waals surface area contributed by atoms with Crippen LogP contribution < -0.4 is 4.90 Å². The van der Waals surface area contributed by atoms with Gasteiger partial charge in [-0.15, -0.1) is 5.10 Å². The number of carbonyl (C=O) groups excluding carboxylic acids is 1. The van der Waals surface area contributed by atoms with E-state index < -0.39 is 0 Å². The van der Waals surface area contributed by atoms with Crippen LogP contribution in [-0.4, -0.2) is 24.9 Å². The van der Waals surface area contributed by atoms with Crippen molar-refractivity contribution < 1.29 is 4.79 Å². The van der Waals surface area contributed by atoms with Gasteiger partial charge in [0.1, 0.15) is 0 Å². The lowest BCUT2D eigenvalue weighted by molar-refractivity contribution is -0.111. The molecular weight excluding hydrogens is 262 g/mol. The van der Waals surface area contributed by atoms with Crippen LogP contribution in [0.5, 0.6) is 0 Å². The van der Waals surface area contributed by atoms with E-state index in [1.807, 2.05) is 55.5 Å². The molecule has 104 valence electrons. The Kier molecular flexibility index (Phi) is 3.36. The van der Waals surface area contributed by atoms with Crippen LogP contribution in [0.1, 0.15) is 16.7 Å². The molecule has 0 saturated carbocycles. The third-order valence-electron chi connectivity index (χ3n) is 3.47. The molecule has 1 heterocycles. The number of amides is 1. The fourth-order valence-electron chi connectivity index (χ4n) is 2.25. The van der Waals surface area contributed by atoms with Crippen molar-refractivity contribution in [3.05, 3.63) is 65.2 Å². The zero-order valence-corrected chi connectivity index (χ0v) is 11.9. The smallest absolute Gasteiger partial charge is 0.279 e. The van der Waals surface area contributed by atoms with E-state index in [1.54, 1.807) is 18.2 Å². The summed E-state index contributed by atoms with van der Waals surface area (Å²) in [7, 11) is 1.74. The SMILES string of the molecule is Cc1ccc(/C=N\N=C2\C(=O)N(C)c3ccccc32)cc1. The van der Waals surface area contributed by atoms with Crippen LogP contribution in [0.2, 0.25) is 0 Å². The first kappa shape index (κ1) is 13.2. The van der Waals surface area contributed by atoms with Crippen LogP contribution in [0.4, 0.5) is 5.69 Å². The molecule has 0 spiro atoms. The Bertz CT molecular complexity index is 745. The summed E-state index contributed by atoms with van der Waals surface area (Å²) in [6, 6.07) is 15.5. The summed E-state index contributed by atoms with van der Waals surface area (Å²) in [5.41, 5.74) is 4.23. The summed E-state index contributed by atoms with van der Waals surface area (Å²) in [5, 5.41) is 8.16. The molecule has 0 aromatic heterocycles. The van der Waals surface area contributed by atoms with E-state index in [2.05, 4.69) is 10.2 Å². The molecule has 0 unspecified atom stereocenters. The van der Waals surface area contributed by atoms with Crippen LogP contribution >= 0.6 is 0 Å². The Morgan fingerprint density at radius 3 is 2.52 bits per heavy atom. The lowest BCUT2D eigenvalue weighted by atomic mass is 10.1. The van der Waals surface area contributed by atoms with Gasteiger partial charge in [-0.1, -0.05) is 48.0 Å². The molecular formula is C17H15N3O. The van der Waals surface area contributed by atoms with E-state index in [-0.39, 0.29) is 5.91 Å². The van der Waals surface area contributed by atoms with Gasteiger partial charge in [0, 0.05) is 12.6 Å². The van der Waals surface area contributed by atoms with Crippen molar-refractivity contribution in [2.45, 2.75) is 6.92 Å². The molecule has 0 aliphatic carbocycles. The first-order chi connectivity index (χ1) is 10.2. The van der Waals surface area contributed by atoms with E-state index >= 15 is 0 Å². The van der Waals surface area contributed by atoms with Gasteiger partial charge in [-0.2, -0.15) is 5.10 Å². The standard InChI is InChI=1S/C17H15N3O/c1-12-7-9-13(10-8-12)11-18-19-16-14-5-3-4-6-15(14)20(2)17(16)21/h3-11H,1-2H3/b18-11-,19-16+. The van der Waals surface area contributed by atoms with Gasteiger partial charge in [0.05, 0.1) is 11.9 Å². The zero-order valence-electron chi connectivity index (χ0n) is 11.9. The highest BCUT2D eigenvalue weighted by Crippen LogP contribution is 2.27. The Labute approximate surface area is 123 Å². The average Bonchev–Trinajstić information content (AvgIpc) is 2.75. The summed E-state index contributed by atoms with van der Waals surface area (Å²) in [6.45, 7) is 2.03. The first-order valence-electron chi connectivity index (χ1n) is 6.72. The van der Waals surface area contributed by atoms with Gasteiger partial charge in [0.25, 0.3) is 5.91 Å². The highest BCUT2D eigenvalue weighted by Gasteiger charge is 2.30. The lowest BCUT2D eigenvalue weighted by Crippen LogP contribution is -2.25. The molecule has 4 nitrogen and oxygen atoms in total. The van der Waals surface area contributed by atoms with Gasteiger partial charge in [0.15, 0.2) is 5.71 Å². The molecule has 0 radical (unpaired) electrons. The van der Waals surface area contributed by atoms with Gasteiger partial charge in [-0.05, 0) is 18.6 Å². The fraction of sp³-hybridized carbons (Fsp3) is 0.118. The van der Waals surface area contributed by atoms with Crippen LogP contribution in [0.25, 0.3) is 0 Å². The van der Waals surface area contributed by atoms with E-state index in [0.29, 0.717) is 5.71 Å². The minimum Gasteiger partial charge on any atom is -0.309 e. The van der Waals surface area contributed by atoms with Gasteiger partial charge in [-0.3, -0.25) is 4.79 Å². The maximum absolute atomic E-state index is 12.2. The number of aryl methyl sites for hydroxylation is 1. The molecule has 2 aromatic carbocycles. The number of para-hydroxylation sites is 1. The van der Waals surface area contributed by atoms with E-state index in [9.17, 15) is 4.79 Å². The molecule has 0 bridgehead atoms. The van der Waals surface area contributed by atoms with Crippen LogP contribution in [0, 0.1) is 6.92 Å². The van der Waals surface area contributed by atoms with Crippen LogP contribution in [0.15, 0.2) is 58.7 Å². The van der Waals surface area contributed by atoms with Crippen molar-refractivity contribution in [2.24, 2.45) is 10.2 Å². The number of nitrogens with zero attached hydrogens (tertiary/aromatic N) is 3. The van der Waals surface area contributed by atoms with Crippen molar-refractivity contribution in [3.63, 3.8) is 0 Å². The van der Waals surface area contributed by atoms with E-state index in [1.165, 1.54) is 5.56 Å². The fourth-order valence-corrected chi connectivity index (χ4v) is 2.25. The molecule has 1 aliphatic heterocycles.